The van der Waals surface area contributed by atoms with E-state index in [1.54, 1.807) is 32.9 Å². The molecule has 0 N–H and O–H groups in total. The second-order valence-electron chi connectivity index (χ2n) is 4.70. The number of nitriles is 1. The molecule has 0 heterocycles. The third-order valence-corrected chi connectivity index (χ3v) is 2.51. The Morgan fingerprint density at radius 2 is 1.94 bits per heavy atom. The van der Waals surface area contributed by atoms with E-state index in [0.29, 0.717) is 5.69 Å². The van der Waals surface area contributed by atoms with Crippen molar-refractivity contribution in [1.29, 1.82) is 5.26 Å². The van der Waals surface area contributed by atoms with Crippen LogP contribution in [0, 0.1) is 11.3 Å². The molecule has 1 amide bonds. The minimum absolute atomic E-state index is 0.0451. The Hall–Kier alpha value is -1.54. The Kier molecular flexibility index (Phi) is 4.74. The lowest BCUT2D eigenvalue weighted by atomic mass is 10.2. The molecule has 0 aromatic heterocycles. The molecule has 18 heavy (non-hydrogen) atoms. The minimum Gasteiger partial charge on any atom is -0.443 e. The van der Waals surface area contributed by atoms with Crippen LogP contribution in [0.5, 0.6) is 0 Å². The summed E-state index contributed by atoms with van der Waals surface area (Å²) in [5, 5.41) is 8.79. The van der Waals surface area contributed by atoms with Gasteiger partial charge in [-0.1, -0.05) is 15.9 Å². The van der Waals surface area contributed by atoms with Crippen LogP contribution in [0.4, 0.5) is 10.5 Å². The van der Waals surface area contributed by atoms with E-state index in [1.165, 1.54) is 4.90 Å². The first-order valence-electron chi connectivity index (χ1n) is 5.46. The van der Waals surface area contributed by atoms with Gasteiger partial charge in [-0.2, -0.15) is 5.26 Å². The van der Waals surface area contributed by atoms with Gasteiger partial charge in [0.15, 0.2) is 0 Å². The molecule has 96 valence electrons. The van der Waals surface area contributed by atoms with Gasteiger partial charge in [0, 0.05) is 10.2 Å². The number of amides is 1. The van der Waals surface area contributed by atoms with E-state index < -0.39 is 11.7 Å². The van der Waals surface area contributed by atoms with Crippen molar-refractivity contribution in [2.45, 2.75) is 26.4 Å². The van der Waals surface area contributed by atoms with E-state index in [4.69, 9.17) is 10.00 Å². The first kappa shape index (κ1) is 14.5. The molecule has 0 bridgehead atoms. The van der Waals surface area contributed by atoms with Gasteiger partial charge < -0.3 is 4.74 Å². The molecular formula is C13H15BrN2O2. The smallest absolute Gasteiger partial charge is 0.415 e. The molecule has 0 aliphatic heterocycles. The highest BCUT2D eigenvalue weighted by atomic mass is 79.9. The average Bonchev–Trinajstić information content (AvgIpc) is 2.25. The standard InChI is InChI=1S/C13H15BrN2O2/c1-13(2,3)18-12(17)16(9-8-15)11-6-4-10(14)5-7-11/h4-7H,9H2,1-3H3. The van der Waals surface area contributed by atoms with Crippen molar-refractivity contribution >= 4 is 27.7 Å². The molecule has 1 aromatic carbocycles. The molecule has 0 fully saturated rings. The number of nitrogens with zero attached hydrogens (tertiary/aromatic N) is 2. The molecule has 0 saturated carbocycles. The van der Waals surface area contributed by atoms with Crippen molar-refractivity contribution in [2.24, 2.45) is 0 Å². The number of halogens is 1. The number of benzene rings is 1. The van der Waals surface area contributed by atoms with Crippen LogP contribution in [0.1, 0.15) is 20.8 Å². The van der Waals surface area contributed by atoms with Crippen molar-refractivity contribution in [3.63, 3.8) is 0 Å². The number of rotatable bonds is 2. The van der Waals surface area contributed by atoms with Crippen LogP contribution < -0.4 is 4.90 Å². The van der Waals surface area contributed by atoms with Gasteiger partial charge in [-0.15, -0.1) is 0 Å². The summed E-state index contributed by atoms with van der Waals surface area (Å²) in [7, 11) is 0. The quantitative estimate of drug-likeness (QED) is 0.782. The molecule has 0 saturated heterocycles. The average molecular weight is 311 g/mol. The normalized spacial score (nSPS) is 10.6. The molecule has 5 heteroatoms. The maximum absolute atomic E-state index is 12.0. The van der Waals surface area contributed by atoms with Crippen LogP contribution in [0.25, 0.3) is 0 Å². The van der Waals surface area contributed by atoms with E-state index in [9.17, 15) is 4.79 Å². The van der Waals surface area contributed by atoms with Crippen LogP contribution >= 0.6 is 15.9 Å². The molecule has 4 nitrogen and oxygen atoms in total. The van der Waals surface area contributed by atoms with E-state index in [0.717, 1.165) is 4.47 Å². The maximum atomic E-state index is 12.0. The Morgan fingerprint density at radius 1 is 1.39 bits per heavy atom. The SMILES string of the molecule is CC(C)(C)OC(=O)N(CC#N)c1ccc(Br)cc1. The summed E-state index contributed by atoms with van der Waals surface area (Å²) in [5.74, 6) is 0. The molecule has 1 rings (SSSR count). The molecule has 0 unspecified atom stereocenters. The summed E-state index contributed by atoms with van der Waals surface area (Å²) in [5.41, 5.74) is 0.0502. The molecule has 1 aromatic rings. The van der Waals surface area contributed by atoms with E-state index in [1.807, 2.05) is 18.2 Å². The number of hydrogen-bond acceptors (Lipinski definition) is 3. The second kappa shape index (κ2) is 5.87. The lowest BCUT2D eigenvalue weighted by molar-refractivity contribution is 0.0585. The van der Waals surface area contributed by atoms with Gasteiger partial charge in [0.05, 0.1) is 6.07 Å². The summed E-state index contributed by atoms with van der Waals surface area (Å²) in [4.78, 5) is 13.3. The van der Waals surface area contributed by atoms with Gasteiger partial charge in [-0.3, -0.25) is 4.90 Å². The Morgan fingerprint density at radius 3 is 2.39 bits per heavy atom. The first-order valence-corrected chi connectivity index (χ1v) is 6.26. The van der Waals surface area contributed by atoms with Crippen molar-refractivity contribution in [2.75, 3.05) is 11.4 Å². The minimum atomic E-state index is -0.583. The van der Waals surface area contributed by atoms with Crippen LogP contribution in [0.2, 0.25) is 0 Å². The van der Waals surface area contributed by atoms with Gasteiger partial charge >= 0.3 is 6.09 Å². The van der Waals surface area contributed by atoms with E-state index in [2.05, 4.69) is 15.9 Å². The number of ether oxygens (including phenoxy) is 1. The molecule has 0 aliphatic carbocycles. The van der Waals surface area contributed by atoms with Crippen molar-refractivity contribution in [3.8, 4) is 6.07 Å². The lowest BCUT2D eigenvalue weighted by Crippen LogP contribution is -2.37. The molecule has 0 radical (unpaired) electrons. The van der Waals surface area contributed by atoms with Crippen molar-refractivity contribution in [1.82, 2.24) is 0 Å². The highest BCUT2D eigenvalue weighted by Gasteiger charge is 2.23. The number of carbonyl (C=O) groups is 1. The predicted octanol–water partition coefficient (Wildman–Crippen LogP) is 3.71. The summed E-state index contributed by atoms with van der Waals surface area (Å²) in [6.07, 6.45) is -0.522. The van der Waals surface area contributed by atoms with Gasteiger partial charge in [0.1, 0.15) is 12.1 Å². The molecule has 0 aliphatic rings. The first-order chi connectivity index (χ1) is 8.33. The van der Waals surface area contributed by atoms with Gasteiger partial charge in [0.25, 0.3) is 0 Å². The Balaban J connectivity index is 2.93. The van der Waals surface area contributed by atoms with Crippen LogP contribution in [0.3, 0.4) is 0 Å². The molecule has 0 spiro atoms. The highest BCUT2D eigenvalue weighted by Crippen LogP contribution is 2.20. The zero-order valence-electron chi connectivity index (χ0n) is 10.6. The monoisotopic (exact) mass is 310 g/mol. The van der Waals surface area contributed by atoms with E-state index in [-0.39, 0.29) is 6.54 Å². The zero-order valence-corrected chi connectivity index (χ0v) is 12.2. The van der Waals surface area contributed by atoms with Gasteiger partial charge in [-0.25, -0.2) is 4.79 Å². The number of carbonyl (C=O) groups excluding carboxylic acids is 1. The number of anilines is 1. The maximum Gasteiger partial charge on any atom is 0.415 e. The molecular weight excluding hydrogens is 296 g/mol. The van der Waals surface area contributed by atoms with Crippen molar-refractivity contribution in [3.05, 3.63) is 28.7 Å². The van der Waals surface area contributed by atoms with Gasteiger partial charge in [0.2, 0.25) is 0 Å². The van der Waals surface area contributed by atoms with Crippen molar-refractivity contribution < 1.29 is 9.53 Å². The summed E-state index contributed by atoms with van der Waals surface area (Å²) in [6.45, 7) is 5.32. The molecule has 0 atom stereocenters. The third kappa shape index (κ3) is 4.38. The fourth-order valence-electron chi connectivity index (χ4n) is 1.27. The lowest BCUT2D eigenvalue weighted by Gasteiger charge is -2.25. The topological polar surface area (TPSA) is 53.3 Å². The predicted molar refractivity (Wildman–Crippen MR) is 73.3 cm³/mol. The fraction of sp³-hybridized carbons (Fsp3) is 0.385. The number of hydrogen-bond donors (Lipinski definition) is 0. The second-order valence-corrected chi connectivity index (χ2v) is 5.62. The van der Waals surface area contributed by atoms with E-state index >= 15 is 0 Å². The zero-order chi connectivity index (χ0) is 13.8. The highest BCUT2D eigenvalue weighted by molar-refractivity contribution is 9.10. The largest absolute Gasteiger partial charge is 0.443 e. The Labute approximate surface area is 115 Å². The summed E-state index contributed by atoms with van der Waals surface area (Å²) < 4.78 is 6.17. The van der Waals surface area contributed by atoms with Crippen LogP contribution in [0.15, 0.2) is 28.7 Å². The fourth-order valence-corrected chi connectivity index (χ4v) is 1.53. The van der Waals surface area contributed by atoms with Crippen LogP contribution in [-0.2, 0) is 4.74 Å². The summed E-state index contributed by atoms with van der Waals surface area (Å²) >= 11 is 3.32. The van der Waals surface area contributed by atoms with Gasteiger partial charge in [-0.05, 0) is 45.0 Å². The Bertz CT molecular complexity index is 457. The summed E-state index contributed by atoms with van der Waals surface area (Å²) in [6, 6.07) is 9.09. The third-order valence-electron chi connectivity index (χ3n) is 1.98. The van der Waals surface area contributed by atoms with Crippen LogP contribution in [-0.4, -0.2) is 18.2 Å².